The maximum atomic E-state index is 11.4. The van der Waals surface area contributed by atoms with E-state index in [0.29, 0.717) is 10.8 Å². The molecular formula is C17H17N3O2S. The highest BCUT2D eigenvalue weighted by Crippen LogP contribution is 2.28. The fourth-order valence-corrected chi connectivity index (χ4v) is 3.25. The Morgan fingerprint density at radius 1 is 1.26 bits per heavy atom. The molecule has 6 heteroatoms. The van der Waals surface area contributed by atoms with Crippen molar-refractivity contribution in [2.24, 2.45) is 0 Å². The van der Waals surface area contributed by atoms with Gasteiger partial charge in [-0.2, -0.15) is 5.10 Å². The normalized spacial score (nSPS) is 11.1. The highest BCUT2D eigenvalue weighted by atomic mass is 32.1. The molecule has 1 aromatic carbocycles. The molecule has 0 atom stereocenters. The van der Waals surface area contributed by atoms with E-state index in [1.165, 1.54) is 23.1 Å². The molecule has 0 aliphatic heterocycles. The van der Waals surface area contributed by atoms with E-state index >= 15 is 0 Å². The van der Waals surface area contributed by atoms with Crippen molar-refractivity contribution in [3.63, 3.8) is 0 Å². The molecule has 0 saturated heterocycles. The molecule has 0 aliphatic rings. The second-order valence-corrected chi connectivity index (χ2v) is 6.53. The van der Waals surface area contributed by atoms with Gasteiger partial charge in [0.2, 0.25) is 5.13 Å². The van der Waals surface area contributed by atoms with E-state index in [1.54, 1.807) is 4.68 Å². The summed E-state index contributed by atoms with van der Waals surface area (Å²) < 4.78 is 1.64. The number of carbonyl (C=O) groups is 1. The molecule has 1 N–H and O–H groups in total. The van der Waals surface area contributed by atoms with Gasteiger partial charge in [-0.15, -0.1) is 11.3 Å². The molecule has 118 valence electrons. The second kappa shape index (κ2) is 5.96. The third-order valence-electron chi connectivity index (χ3n) is 3.60. The average molecular weight is 327 g/mol. The number of aromatic carboxylic acids is 1. The lowest BCUT2D eigenvalue weighted by Crippen LogP contribution is -2.08. The van der Waals surface area contributed by atoms with E-state index in [9.17, 15) is 9.90 Å². The summed E-state index contributed by atoms with van der Waals surface area (Å²) >= 11 is 1.45. The molecule has 0 fully saturated rings. The van der Waals surface area contributed by atoms with Gasteiger partial charge < -0.3 is 5.11 Å². The van der Waals surface area contributed by atoms with Crippen LogP contribution >= 0.6 is 11.3 Å². The van der Waals surface area contributed by atoms with Crippen LogP contribution in [0.15, 0.2) is 35.8 Å². The fraction of sp³-hybridized carbons (Fsp3) is 0.235. The molecule has 3 rings (SSSR count). The SMILES string of the molecule is Cc1ccc(-c2csc(-n3ncc(C(=O)O)c3C(C)C)n2)cc1. The number of aromatic nitrogens is 3. The van der Waals surface area contributed by atoms with Crippen molar-refractivity contribution in [3.05, 3.63) is 52.7 Å². The molecule has 0 amide bonds. The van der Waals surface area contributed by atoms with Gasteiger partial charge in [-0.1, -0.05) is 43.7 Å². The average Bonchev–Trinajstić information content (AvgIpc) is 3.14. The Kier molecular flexibility index (Phi) is 4.00. The van der Waals surface area contributed by atoms with Crippen molar-refractivity contribution < 1.29 is 9.90 Å². The zero-order valence-corrected chi connectivity index (χ0v) is 14.0. The summed E-state index contributed by atoms with van der Waals surface area (Å²) in [4.78, 5) is 16.0. The Morgan fingerprint density at radius 3 is 2.57 bits per heavy atom. The third-order valence-corrected chi connectivity index (χ3v) is 4.42. The number of carboxylic acid groups (broad SMARTS) is 1. The fourth-order valence-electron chi connectivity index (χ4n) is 2.45. The Balaban J connectivity index is 2.04. The minimum absolute atomic E-state index is 0.0373. The number of benzene rings is 1. The standard InChI is InChI=1S/C17H17N3O2S/c1-10(2)15-13(16(21)22)8-18-20(15)17-19-14(9-23-17)12-6-4-11(3)5-7-12/h4-10H,1-3H3,(H,21,22). The quantitative estimate of drug-likeness (QED) is 0.782. The van der Waals surface area contributed by atoms with Crippen molar-refractivity contribution in [1.82, 2.24) is 14.8 Å². The molecule has 0 spiro atoms. The topological polar surface area (TPSA) is 68.0 Å². The summed E-state index contributed by atoms with van der Waals surface area (Å²) in [7, 11) is 0. The predicted octanol–water partition coefficient (Wildman–Crippen LogP) is 4.13. The lowest BCUT2D eigenvalue weighted by Gasteiger charge is -2.08. The van der Waals surface area contributed by atoms with Crippen LogP contribution in [0.25, 0.3) is 16.4 Å². The summed E-state index contributed by atoms with van der Waals surface area (Å²) in [5, 5.41) is 16.2. The third kappa shape index (κ3) is 2.90. The molecule has 3 aromatic rings. The Hall–Kier alpha value is -2.47. The van der Waals surface area contributed by atoms with Gasteiger partial charge in [0.05, 0.1) is 17.6 Å². The molecule has 0 aliphatic carbocycles. The van der Waals surface area contributed by atoms with E-state index in [-0.39, 0.29) is 11.5 Å². The zero-order chi connectivity index (χ0) is 16.6. The number of thiazole rings is 1. The minimum atomic E-state index is -0.963. The van der Waals surface area contributed by atoms with Crippen LogP contribution in [0.4, 0.5) is 0 Å². The van der Waals surface area contributed by atoms with Gasteiger partial charge in [0.25, 0.3) is 0 Å². The number of hydrogen-bond donors (Lipinski definition) is 1. The van der Waals surface area contributed by atoms with Crippen molar-refractivity contribution in [2.45, 2.75) is 26.7 Å². The summed E-state index contributed by atoms with van der Waals surface area (Å²) in [5.41, 5.74) is 4.00. The number of aryl methyl sites for hydroxylation is 1. The molecule has 23 heavy (non-hydrogen) atoms. The van der Waals surface area contributed by atoms with Gasteiger partial charge in [-0.3, -0.25) is 0 Å². The smallest absolute Gasteiger partial charge is 0.339 e. The van der Waals surface area contributed by atoms with E-state index in [0.717, 1.165) is 11.3 Å². The van der Waals surface area contributed by atoms with E-state index in [2.05, 4.69) is 10.1 Å². The Labute approximate surface area is 138 Å². The monoisotopic (exact) mass is 327 g/mol. The zero-order valence-electron chi connectivity index (χ0n) is 13.1. The lowest BCUT2D eigenvalue weighted by molar-refractivity contribution is 0.0695. The minimum Gasteiger partial charge on any atom is -0.478 e. The first-order valence-corrected chi connectivity index (χ1v) is 8.19. The van der Waals surface area contributed by atoms with E-state index in [4.69, 9.17) is 0 Å². The number of carboxylic acids is 1. The maximum absolute atomic E-state index is 11.4. The van der Waals surface area contributed by atoms with Crippen LogP contribution in [0.3, 0.4) is 0 Å². The number of hydrogen-bond acceptors (Lipinski definition) is 4. The molecule has 2 heterocycles. The van der Waals surface area contributed by atoms with Crippen molar-refractivity contribution in [1.29, 1.82) is 0 Å². The molecule has 0 bridgehead atoms. The van der Waals surface area contributed by atoms with Crippen molar-refractivity contribution in [3.8, 4) is 16.4 Å². The highest BCUT2D eigenvalue weighted by molar-refractivity contribution is 7.12. The Morgan fingerprint density at radius 2 is 1.96 bits per heavy atom. The summed E-state index contributed by atoms with van der Waals surface area (Å²) in [6, 6.07) is 8.15. The summed E-state index contributed by atoms with van der Waals surface area (Å²) in [6.07, 6.45) is 1.39. The van der Waals surface area contributed by atoms with Crippen LogP contribution in [0.2, 0.25) is 0 Å². The first-order chi connectivity index (χ1) is 11.0. The second-order valence-electron chi connectivity index (χ2n) is 5.70. The van der Waals surface area contributed by atoms with Crippen LogP contribution in [0, 0.1) is 6.92 Å². The van der Waals surface area contributed by atoms with Crippen LogP contribution < -0.4 is 0 Å². The maximum Gasteiger partial charge on any atom is 0.339 e. The molecular weight excluding hydrogens is 310 g/mol. The molecule has 5 nitrogen and oxygen atoms in total. The van der Waals surface area contributed by atoms with E-state index in [1.807, 2.05) is 50.4 Å². The van der Waals surface area contributed by atoms with Gasteiger partial charge in [0.15, 0.2) is 0 Å². The van der Waals surface area contributed by atoms with Crippen molar-refractivity contribution >= 4 is 17.3 Å². The van der Waals surface area contributed by atoms with Crippen molar-refractivity contribution in [2.75, 3.05) is 0 Å². The molecule has 0 unspecified atom stereocenters. The lowest BCUT2D eigenvalue weighted by atomic mass is 10.1. The number of nitrogens with zero attached hydrogens (tertiary/aromatic N) is 3. The molecule has 0 radical (unpaired) electrons. The number of rotatable bonds is 4. The van der Waals surface area contributed by atoms with Gasteiger partial charge in [-0.05, 0) is 12.8 Å². The van der Waals surface area contributed by atoms with Gasteiger partial charge >= 0.3 is 5.97 Å². The first-order valence-electron chi connectivity index (χ1n) is 7.31. The summed E-state index contributed by atoms with van der Waals surface area (Å²) in [6.45, 7) is 5.95. The Bertz CT molecular complexity index is 847. The van der Waals surface area contributed by atoms with Gasteiger partial charge in [0.1, 0.15) is 5.56 Å². The largest absolute Gasteiger partial charge is 0.478 e. The molecule has 2 aromatic heterocycles. The predicted molar refractivity (Wildman–Crippen MR) is 90.5 cm³/mol. The van der Waals surface area contributed by atoms with Crippen LogP contribution in [-0.4, -0.2) is 25.8 Å². The van der Waals surface area contributed by atoms with Gasteiger partial charge in [0, 0.05) is 10.9 Å². The highest BCUT2D eigenvalue weighted by Gasteiger charge is 2.21. The van der Waals surface area contributed by atoms with Crippen LogP contribution in [0.1, 0.15) is 41.4 Å². The van der Waals surface area contributed by atoms with E-state index < -0.39 is 5.97 Å². The van der Waals surface area contributed by atoms with Gasteiger partial charge in [-0.25, -0.2) is 14.5 Å². The summed E-state index contributed by atoms with van der Waals surface area (Å²) in [5.74, 6) is -0.925. The van der Waals surface area contributed by atoms with Crippen LogP contribution in [0.5, 0.6) is 0 Å². The van der Waals surface area contributed by atoms with Crippen LogP contribution in [-0.2, 0) is 0 Å². The molecule has 0 saturated carbocycles. The first kappa shape index (κ1) is 15.4.